The molecular weight excluding hydrogens is 145 g/mol. The SMILES string of the molecule is CCC(C)[NH][Ti].Cl. The number of halogens is 1. The largest absolute Gasteiger partial charge is 0.147 e. The van der Waals surface area contributed by atoms with E-state index in [9.17, 15) is 0 Å². The van der Waals surface area contributed by atoms with Crippen LogP contribution in [0.25, 0.3) is 0 Å². The van der Waals surface area contributed by atoms with E-state index in [1.165, 1.54) is 6.42 Å². The summed E-state index contributed by atoms with van der Waals surface area (Å²) in [6.07, 6.45) is 1.22. The Morgan fingerprint density at radius 2 is 2.14 bits per heavy atom. The molecule has 1 nitrogen and oxygen atoms in total. The molecule has 0 heterocycles. The van der Waals surface area contributed by atoms with Crippen molar-refractivity contribution in [3.63, 3.8) is 0 Å². The zero-order valence-corrected chi connectivity index (χ0v) is 7.07. The van der Waals surface area contributed by atoms with Crippen LogP contribution >= 0.6 is 12.4 Å². The van der Waals surface area contributed by atoms with Crippen molar-refractivity contribution in [1.82, 2.24) is 3.80 Å². The molecule has 1 N–H and O–H groups in total. The van der Waals surface area contributed by atoms with Crippen LogP contribution < -0.4 is 3.80 Å². The summed E-state index contributed by atoms with van der Waals surface area (Å²) in [7, 11) is 0. The van der Waals surface area contributed by atoms with Crippen molar-refractivity contribution >= 4 is 12.4 Å². The standard InChI is InChI=1S/C4H10N.ClH.Ti/c1-3-4(2)5;;/h4-5H,3H2,1-2H3;1H;/q-1;;+1. The Labute approximate surface area is 63.4 Å². The van der Waals surface area contributed by atoms with E-state index >= 15 is 0 Å². The molecule has 1 unspecified atom stereocenters. The summed E-state index contributed by atoms with van der Waals surface area (Å²) < 4.78 is 3.11. The van der Waals surface area contributed by atoms with Crippen LogP contribution in [0.4, 0.5) is 0 Å². The maximum Gasteiger partial charge on any atom is -0.147 e. The molecule has 0 fully saturated rings. The molecule has 0 aromatic rings. The van der Waals surface area contributed by atoms with E-state index in [-0.39, 0.29) is 12.4 Å². The first-order valence-electron chi connectivity index (χ1n) is 2.23. The van der Waals surface area contributed by atoms with Crippen molar-refractivity contribution in [1.29, 1.82) is 0 Å². The summed E-state index contributed by atoms with van der Waals surface area (Å²) >= 11 is 1.98. The molecule has 0 aliphatic heterocycles. The van der Waals surface area contributed by atoms with E-state index in [1.54, 1.807) is 0 Å². The summed E-state index contributed by atoms with van der Waals surface area (Å²) in [5, 5.41) is 0. The summed E-state index contributed by atoms with van der Waals surface area (Å²) in [5.41, 5.74) is 0. The number of nitrogens with one attached hydrogen (secondary N) is 1. The molecule has 0 aromatic carbocycles. The van der Waals surface area contributed by atoms with Crippen LogP contribution in [0.15, 0.2) is 0 Å². The van der Waals surface area contributed by atoms with Crippen LogP contribution in [0.3, 0.4) is 0 Å². The molecule has 0 rings (SSSR count). The van der Waals surface area contributed by atoms with E-state index in [0.717, 1.165) is 0 Å². The predicted octanol–water partition coefficient (Wildman–Crippen LogP) is 1.26. The van der Waals surface area contributed by atoms with E-state index in [2.05, 4.69) is 17.6 Å². The normalized spacial score (nSPS) is 12.1. The van der Waals surface area contributed by atoms with Crippen LogP contribution in [0.2, 0.25) is 0 Å². The summed E-state index contributed by atoms with van der Waals surface area (Å²) in [4.78, 5) is 0. The molecule has 7 heavy (non-hydrogen) atoms. The van der Waals surface area contributed by atoms with Gasteiger partial charge in [0.1, 0.15) is 0 Å². The fraction of sp³-hybridized carbons (Fsp3) is 1.00. The van der Waals surface area contributed by atoms with Gasteiger partial charge in [-0.1, -0.05) is 0 Å². The minimum absolute atomic E-state index is 0. The third-order valence-electron chi connectivity index (χ3n) is 0.859. The van der Waals surface area contributed by atoms with Crippen LogP contribution in [-0.2, 0) is 20.7 Å². The average Bonchev–Trinajstić information content (AvgIpc) is 1.65. The fourth-order valence-electron chi connectivity index (χ4n) is 0.102. The van der Waals surface area contributed by atoms with Gasteiger partial charge in [0.05, 0.1) is 0 Å². The maximum absolute atomic E-state index is 3.11. The second kappa shape index (κ2) is 6.96. The maximum atomic E-state index is 3.11. The Balaban J connectivity index is 0. The van der Waals surface area contributed by atoms with Gasteiger partial charge < -0.3 is 0 Å². The van der Waals surface area contributed by atoms with Crippen LogP contribution in [-0.4, -0.2) is 6.04 Å². The van der Waals surface area contributed by atoms with Crippen molar-refractivity contribution in [2.45, 2.75) is 26.3 Å². The molecule has 0 aliphatic carbocycles. The second-order valence-electron chi connectivity index (χ2n) is 1.45. The number of rotatable bonds is 2. The zero-order chi connectivity index (χ0) is 4.99. The molecule has 0 bridgehead atoms. The van der Waals surface area contributed by atoms with Gasteiger partial charge in [0, 0.05) is 0 Å². The Kier molecular flexibility index (Phi) is 10.8. The van der Waals surface area contributed by atoms with Crippen LogP contribution in [0.5, 0.6) is 0 Å². The van der Waals surface area contributed by atoms with Crippen LogP contribution in [0.1, 0.15) is 20.3 Å². The first kappa shape index (κ1) is 10.9. The fourth-order valence-corrected chi connectivity index (χ4v) is 0.421. The monoisotopic (exact) mass is 156 g/mol. The zero-order valence-electron chi connectivity index (χ0n) is 4.69. The minimum Gasteiger partial charge on any atom is -0.147 e. The Hall–Kier alpha value is 0.964. The van der Waals surface area contributed by atoms with Gasteiger partial charge in [0.25, 0.3) is 0 Å². The summed E-state index contributed by atoms with van der Waals surface area (Å²) in [6.45, 7) is 4.33. The average molecular weight is 156 g/mol. The third-order valence-corrected chi connectivity index (χ3v) is 1.63. The van der Waals surface area contributed by atoms with Crippen molar-refractivity contribution in [3.05, 3.63) is 0 Å². The second-order valence-corrected chi connectivity index (χ2v) is 1.90. The van der Waals surface area contributed by atoms with E-state index in [0.29, 0.717) is 6.04 Å². The summed E-state index contributed by atoms with van der Waals surface area (Å²) in [6, 6.07) is 0.685. The molecular formula is C4H11ClNTi. The van der Waals surface area contributed by atoms with Crippen molar-refractivity contribution in [2.24, 2.45) is 0 Å². The quantitative estimate of drug-likeness (QED) is 0.594. The van der Waals surface area contributed by atoms with Gasteiger partial charge in [-0.2, -0.15) is 0 Å². The molecule has 0 amide bonds. The number of hydrogen-bond donors (Lipinski definition) is 1. The van der Waals surface area contributed by atoms with Gasteiger partial charge in [0.2, 0.25) is 0 Å². The van der Waals surface area contributed by atoms with E-state index in [4.69, 9.17) is 0 Å². The van der Waals surface area contributed by atoms with E-state index in [1.807, 2.05) is 20.7 Å². The Bertz CT molecular complexity index is 30.9. The van der Waals surface area contributed by atoms with Gasteiger partial charge in [0.15, 0.2) is 0 Å². The molecule has 0 aliphatic rings. The molecule has 0 radical (unpaired) electrons. The van der Waals surface area contributed by atoms with Gasteiger partial charge in [-0.3, -0.25) is 0 Å². The van der Waals surface area contributed by atoms with Crippen LogP contribution in [0, 0.1) is 0 Å². The topological polar surface area (TPSA) is 12.0 Å². The van der Waals surface area contributed by atoms with Gasteiger partial charge in [-0.25, -0.2) is 0 Å². The third kappa shape index (κ3) is 6.96. The van der Waals surface area contributed by atoms with Gasteiger partial charge in [-0.15, -0.1) is 12.4 Å². The van der Waals surface area contributed by atoms with Gasteiger partial charge >= 0.3 is 50.8 Å². The molecule has 0 saturated carbocycles. The molecule has 1 atom stereocenters. The number of hydrogen-bond acceptors (Lipinski definition) is 1. The smallest absolute Gasteiger partial charge is 0.147 e. The first-order chi connectivity index (χ1) is 2.81. The van der Waals surface area contributed by atoms with E-state index < -0.39 is 0 Å². The van der Waals surface area contributed by atoms with Crippen molar-refractivity contribution in [3.8, 4) is 0 Å². The van der Waals surface area contributed by atoms with Crippen molar-refractivity contribution in [2.75, 3.05) is 0 Å². The molecule has 0 saturated heterocycles. The van der Waals surface area contributed by atoms with Gasteiger partial charge in [-0.05, 0) is 0 Å². The molecule has 43 valence electrons. The Morgan fingerprint density at radius 3 is 2.14 bits per heavy atom. The predicted molar refractivity (Wildman–Crippen MR) is 30.1 cm³/mol. The molecule has 0 spiro atoms. The molecule has 0 aromatic heterocycles. The van der Waals surface area contributed by atoms with Crippen molar-refractivity contribution < 1.29 is 20.7 Å². The summed E-state index contributed by atoms with van der Waals surface area (Å²) in [5.74, 6) is 0. The minimum atomic E-state index is 0. The Morgan fingerprint density at radius 1 is 1.71 bits per heavy atom. The first-order valence-corrected chi connectivity index (χ1v) is 3.01. The molecule has 3 heteroatoms.